The fourth-order valence-corrected chi connectivity index (χ4v) is 5.09. The summed E-state index contributed by atoms with van der Waals surface area (Å²) in [6.45, 7) is 4.05. The molecule has 1 unspecified atom stereocenters. The molecule has 0 bridgehead atoms. The lowest BCUT2D eigenvalue weighted by atomic mass is 10.1. The lowest BCUT2D eigenvalue weighted by molar-refractivity contribution is -0.137. The Hall–Kier alpha value is -3.15. The molecule has 1 saturated heterocycles. The molecule has 1 fully saturated rings. The first-order valence-corrected chi connectivity index (χ1v) is 15.0. The number of Topliss-reactive ketones (excluding diaryl/α,β-unsaturated/α-hetero) is 1. The van der Waals surface area contributed by atoms with Gasteiger partial charge in [0.2, 0.25) is 19.2 Å². The number of ketones is 1. The highest BCUT2D eigenvalue weighted by molar-refractivity contribution is 9.10. The van der Waals surface area contributed by atoms with Crippen LogP contribution in [0.5, 0.6) is 5.75 Å². The van der Waals surface area contributed by atoms with E-state index in [2.05, 4.69) is 31.3 Å². The number of anilines is 1. The summed E-state index contributed by atoms with van der Waals surface area (Å²) in [6.07, 6.45) is -1.90. The normalized spacial score (nSPS) is 18.7. The van der Waals surface area contributed by atoms with E-state index in [1.807, 2.05) is 0 Å². The number of pyridine rings is 1. The number of nitrogens with zero attached hydrogens (tertiary/aromatic N) is 4. The van der Waals surface area contributed by atoms with E-state index in [0.29, 0.717) is 26.9 Å². The van der Waals surface area contributed by atoms with E-state index in [0.717, 1.165) is 4.90 Å². The second-order valence-corrected chi connectivity index (χ2v) is 12.8. The summed E-state index contributed by atoms with van der Waals surface area (Å²) >= 11 is 3.26. The number of aromatic nitrogens is 3. The maximum atomic E-state index is 14.5. The van der Waals surface area contributed by atoms with Crippen molar-refractivity contribution in [2.75, 3.05) is 24.4 Å². The van der Waals surface area contributed by atoms with Crippen molar-refractivity contribution in [1.82, 2.24) is 19.7 Å². The molecule has 2 amide bonds. The van der Waals surface area contributed by atoms with Gasteiger partial charge in [0.1, 0.15) is 40.6 Å². The van der Waals surface area contributed by atoms with Crippen molar-refractivity contribution in [1.29, 1.82) is 0 Å². The van der Waals surface area contributed by atoms with Gasteiger partial charge in [-0.05, 0) is 46.6 Å². The monoisotopic (exact) mass is 623 g/mol. The molecular weight excluding hydrogens is 596 g/mol. The highest BCUT2D eigenvalue weighted by Crippen LogP contribution is 2.40. The van der Waals surface area contributed by atoms with Crippen molar-refractivity contribution < 1.29 is 33.0 Å². The summed E-state index contributed by atoms with van der Waals surface area (Å²) in [5.74, 6) is -0.896. The zero-order valence-electron chi connectivity index (χ0n) is 21.6. The average Bonchev–Trinajstić information content (AvgIpc) is 3.45. The minimum Gasteiger partial charge on any atom is -0.483 e. The van der Waals surface area contributed by atoms with Crippen LogP contribution in [0.15, 0.2) is 34.9 Å². The SMILES string of the molecule is CCP(=O)(O)COc1ccc2c(C(C)=O)nn(CC(=O)N3C[C@H](F)C[C@H]3C(=O)Nc3nc(Br)ccc3C)c2c1. The van der Waals surface area contributed by atoms with Gasteiger partial charge in [0.05, 0.1) is 12.1 Å². The number of hydrogen-bond acceptors (Lipinski definition) is 7. The number of aryl methyl sites for hydroxylation is 1. The van der Waals surface area contributed by atoms with Crippen molar-refractivity contribution in [3.8, 4) is 5.75 Å². The second-order valence-electron chi connectivity index (χ2n) is 9.36. The van der Waals surface area contributed by atoms with Crippen molar-refractivity contribution in [2.24, 2.45) is 0 Å². The number of alkyl halides is 1. The van der Waals surface area contributed by atoms with E-state index in [9.17, 15) is 28.2 Å². The lowest BCUT2D eigenvalue weighted by Crippen LogP contribution is -2.44. The molecule has 2 N–H and O–H groups in total. The van der Waals surface area contributed by atoms with Crippen LogP contribution in [-0.4, -0.2) is 73.4 Å². The standard InChI is InChI=1S/C25H28BrFN5O6P/c1-4-39(36,37)13-38-17-6-7-18-19(10-17)32(30-23(18)15(3)33)12-22(34)31-11-16(27)9-20(31)25(35)29-24-14(2)5-8-21(26)28-24/h5-8,10,16,20H,4,9,11-13H2,1-3H3,(H,36,37)(H,28,29,35)/t16-,20+/m1/s1. The number of ether oxygens (including phenoxy) is 1. The van der Waals surface area contributed by atoms with Crippen LogP contribution in [0, 0.1) is 6.92 Å². The van der Waals surface area contributed by atoms with Gasteiger partial charge >= 0.3 is 0 Å². The zero-order chi connectivity index (χ0) is 28.5. The number of fused-ring (bicyclic) bond motifs is 1. The van der Waals surface area contributed by atoms with Crippen LogP contribution in [0.1, 0.15) is 36.3 Å². The van der Waals surface area contributed by atoms with Gasteiger partial charge in [-0.15, -0.1) is 0 Å². The second kappa shape index (κ2) is 11.5. The molecule has 3 atom stereocenters. The summed E-state index contributed by atoms with van der Waals surface area (Å²) < 4.78 is 33.7. The third-order valence-electron chi connectivity index (χ3n) is 6.45. The molecular formula is C25H28BrFN5O6P. The minimum absolute atomic E-state index is 0.0491. The first-order chi connectivity index (χ1) is 18.4. The van der Waals surface area contributed by atoms with E-state index in [1.54, 1.807) is 38.1 Å². The van der Waals surface area contributed by atoms with E-state index < -0.39 is 37.7 Å². The third-order valence-corrected chi connectivity index (χ3v) is 8.41. The van der Waals surface area contributed by atoms with E-state index >= 15 is 0 Å². The number of hydrogen-bond donors (Lipinski definition) is 2. The average molecular weight is 624 g/mol. The topological polar surface area (TPSA) is 144 Å². The Bertz CT molecular complexity index is 1500. The molecule has 3 aromatic rings. The summed E-state index contributed by atoms with van der Waals surface area (Å²) in [5.41, 5.74) is 1.20. The molecule has 39 heavy (non-hydrogen) atoms. The molecule has 0 spiro atoms. The van der Waals surface area contributed by atoms with Crippen LogP contribution in [0.3, 0.4) is 0 Å². The Morgan fingerprint density at radius 3 is 2.72 bits per heavy atom. The van der Waals surface area contributed by atoms with Gasteiger partial charge in [0, 0.05) is 31.0 Å². The van der Waals surface area contributed by atoms with E-state index in [1.165, 1.54) is 17.7 Å². The molecule has 14 heteroatoms. The minimum atomic E-state index is -3.45. The number of carbonyl (C=O) groups is 3. The van der Waals surface area contributed by atoms with Crippen LogP contribution >= 0.6 is 23.3 Å². The van der Waals surface area contributed by atoms with Gasteiger partial charge in [-0.25, -0.2) is 9.37 Å². The van der Waals surface area contributed by atoms with Gasteiger partial charge in [-0.2, -0.15) is 5.10 Å². The fraction of sp³-hybridized carbons (Fsp3) is 0.400. The van der Waals surface area contributed by atoms with Crippen molar-refractivity contribution >= 4 is 57.6 Å². The highest BCUT2D eigenvalue weighted by atomic mass is 79.9. The number of likely N-dealkylation sites (tertiary alicyclic amines) is 1. The number of carbonyl (C=O) groups excluding carboxylic acids is 3. The number of nitrogens with one attached hydrogen (secondary N) is 1. The molecule has 4 rings (SSSR count). The molecule has 2 aromatic heterocycles. The first kappa shape index (κ1) is 28.8. The maximum Gasteiger partial charge on any atom is 0.248 e. The van der Waals surface area contributed by atoms with Crippen LogP contribution in [0.4, 0.5) is 10.2 Å². The van der Waals surface area contributed by atoms with E-state index in [4.69, 9.17) is 4.74 Å². The largest absolute Gasteiger partial charge is 0.483 e. The van der Waals surface area contributed by atoms with Gasteiger partial charge in [-0.1, -0.05) is 13.0 Å². The lowest BCUT2D eigenvalue weighted by Gasteiger charge is -2.24. The third kappa shape index (κ3) is 6.54. The fourth-order valence-electron chi connectivity index (χ4n) is 4.25. The Morgan fingerprint density at radius 2 is 2.03 bits per heavy atom. The van der Waals surface area contributed by atoms with Crippen molar-refractivity contribution in [2.45, 2.75) is 46.0 Å². The number of benzene rings is 1. The number of halogens is 2. The Morgan fingerprint density at radius 1 is 1.28 bits per heavy atom. The Balaban J connectivity index is 1.58. The van der Waals surface area contributed by atoms with Gasteiger partial charge in [-0.3, -0.25) is 23.6 Å². The molecule has 0 saturated carbocycles. The molecule has 1 aliphatic rings. The predicted octanol–water partition coefficient (Wildman–Crippen LogP) is 3.91. The molecule has 0 radical (unpaired) electrons. The number of rotatable bonds is 9. The molecule has 0 aliphatic carbocycles. The zero-order valence-corrected chi connectivity index (χ0v) is 24.0. The molecule has 208 valence electrons. The van der Waals surface area contributed by atoms with Crippen molar-refractivity contribution in [3.63, 3.8) is 0 Å². The van der Waals surface area contributed by atoms with Crippen molar-refractivity contribution in [3.05, 3.63) is 46.2 Å². The molecule has 1 aromatic carbocycles. The van der Waals surface area contributed by atoms with Gasteiger partial charge < -0.3 is 19.8 Å². The van der Waals surface area contributed by atoms with Crippen LogP contribution in [-0.2, 0) is 20.7 Å². The quantitative estimate of drug-likeness (QED) is 0.207. The summed E-state index contributed by atoms with van der Waals surface area (Å²) in [6, 6.07) is 7.07. The van der Waals surface area contributed by atoms with Crippen LogP contribution in [0.25, 0.3) is 10.9 Å². The summed E-state index contributed by atoms with van der Waals surface area (Å²) in [7, 11) is -3.45. The van der Waals surface area contributed by atoms with E-state index in [-0.39, 0.29) is 42.9 Å². The Kier molecular flexibility index (Phi) is 8.53. The summed E-state index contributed by atoms with van der Waals surface area (Å²) in [4.78, 5) is 53.9. The van der Waals surface area contributed by atoms with Gasteiger partial charge in [0.25, 0.3) is 0 Å². The summed E-state index contributed by atoms with van der Waals surface area (Å²) in [5, 5.41) is 7.44. The molecule has 1 aliphatic heterocycles. The Labute approximate surface area is 232 Å². The molecule has 3 heterocycles. The van der Waals surface area contributed by atoms with Crippen LogP contribution < -0.4 is 10.1 Å². The number of amides is 2. The first-order valence-electron chi connectivity index (χ1n) is 12.2. The highest BCUT2D eigenvalue weighted by Gasteiger charge is 2.40. The van der Waals surface area contributed by atoms with Gasteiger partial charge in [0.15, 0.2) is 12.1 Å². The van der Waals surface area contributed by atoms with Crippen LogP contribution in [0.2, 0.25) is 0 Å². The molecule has 11 nitrogen and oxygen atoms in total. The smallest absolute Gasteiger partial charge is 0.248 e. The predicted molar refractivity (Wildman–Crippen MR) is 146 cm³/mol. The maximum absolute atomic E-state index is 14.5.